The molecule has 0 spiro atoms. The van der Waals surface area contributed by atoms with Crippen LogP contribution in [-0.2, 0) is 9.59 Å². The van der Waals surface area contributed by atoms with Crippen molar-refractivity contribution in [3.8, 4) is 5.82 Å². The van der Waals surface area contributed by atoms with Crippen molar-refractivity contribution in [1.29, 1.82) is 0 Å². The third kappa shape index (κ3) is 4.68. The van der Waals surface area contributed by atoms with Gasteiger partial charge in [-0.25, -0.2) is 0 Å². The van der Waals surface area contributed by atoms with Gasteiger partial charge >= 0.3 is 0 Å². The number of nitrogens with zero attached hydrogens (tertiary/aromatic N) is 4. The van der Waals surface area contributed by atoms with Gasteiger partial charge in [0.25, 0.3) is 0 Å². The lowest BCUT2D eigenvalue weighted by molar-refractivity contribution is -0.126. The highest BCUT2D eigenvalue weighted by Gasteiger charge is 2.34. The zero-order valence-electron chi connectivity index (χ0n) is 16.2. The smallest absolute Gasteiger partial charge is 0.227 e. The number of aromatic nitrogens is 3. The minimum Gasteiger partial charge on any atom is -0.367 e. The van der Waals surface area contributed by atoms with Crippen LogP contribution in [0.3, 0.4) is 0 Å². The van der Waals surface area contributed by atoms with Crippen molar-refractivity contribution in [3.63, 3.8) is 0 Å². The second-order valence-corrected chi connectivity index (χ2v) is 7.89. The van der Waals surface area contributed by atoms with Gasteiger partial charge in [-0.1, -0.05) is 22.0 Å². The number of hydrogen-bond acceptors (Lipinski definition) is 5. The van der Waals surface area contributed by atoms with E-state index in [1.54, 1.807) is 4.90 Å². The Morgan fingerprint density at radius 2 is 1.93 bits per heavy atom. The maximum atomic E-state index is 12.5. The second kappa shape index (κ2) is 9.08. The highest BCUT2D eigenvalue weighted by molar-refractivity contribution is 9.10. The summed E-state index contributed by atoms with van der Waals surface area (Å²) in [6, 6.07) is 15.1. The molecule has 2 N–H and O–H groups in total. The molecule has 3 aromatic rings. The Bertz CT molecular complexity index is 1020. The third-order valence-electron chi connectivity index (χ3n) is 4.87. The van der Waals surface area contributed by atoms with Crippen LogP contribution in [-0.4, -0.2) is 46.2 Å². The molecule has 4 rings (SSSR count). The van der Waals surface area contributed by atoms with Crippen LogP contribution in [0.15, 0.2) is 65.4 Å². The van der Waals surface area contributed by atoms with E-state index in [9.17, 15) is 9.59 Å². The number of rotatable bonds is 7. The Kier molecular flexibility index (Phi) is 6.08. The van der Waals surface area contributed by atoms with Crippen molar-refractivity contribution in [3.05, 3.63) is 65.4 Å². The zero-order valence-corrected chi connectivity index (χ0v) is 17.7. The van der Waals surface area contributed by atoms with E-state index in [0.717, 1.165) is 16.0 Å². The van der Waals surface area contributed by atoms with Crippen molar-refractivity contribution in [1.82, 2.24) is 20.1 Å². The standard InChI is InChI=1S/C21H21BrN6O2/c22-16-4-3-5-17(13-16)28-14-15(12-20(28)29)21(30)24-9-8-23-18-6-7-19(26-25-18)27-10-1-2-11-27/h1-7,10-11,13,15H,8-9,12,14H2,(H,23,25)(H,24,30). The maximum Gasteiger partial charge on any atom is 0.227 e. The van der Waals surface area contributed by atoms with E-state index in [4.69, 9.17) is 0 Å². The lowest BCUT2D eigenvalue weighted by Gasteiger charge is -2.17. The first-order chi connectivity index (χ1) is 14.6. The molecule has 1 atom stereocenters. The molecule has 154 valence electrons. The summed E-state index contributed by atoms with van der Waals surface area (Å²) < 4.78 is 2.77. The normalized spacial score (nSPS) is 16.0. The largest absolute Gasteiger partial charge is 0.367 e. The molecule has 9 heteroatoms. The number of hydrogen-bond donors (Lipinski definition) is 2. The zero-order chi connectivity index (χ0) is 20.9. The average molecular weight is 469 g/mol. The number of anilines is 2. The molecule has 1 unspecified atom stereocenters. The molecule has 0 saturated carbocycles. The lowest BCUT2D eigenvalue weighted by atomic mass is 10.1. The molecule has 1 aliphatic heterocycles. The van der Waals surface area contributed by atoms with Gasteiger partial charge in [-0.3, -0.25) is 9.59 Å². The van der Waals surface area contributed by atoms with Crippen LogP contribution < -0.4 is 15.5 Å². The van der Waals surface area contributed by atoms with Crippen molar-refractivity contribution in [2.75, 3.05) is 29.9 Å². The summed E-state index contributed by atoms with van der Waals surface area (Å²) >= 11 is 3.41. The van der Waals surface area contributed by atoms with Crippen molar-refractivity contribution < 1.29 is 9.59 Å². The maximum absolute atomic E-state index is 12.5. The lowest BCUT2D eigenvalue weighted by Crippen LogP contribution is -2.35. The minimum atomic E-state index is -0.350. The van der Waals surface area contributed by atoms with Gasteiger partial charge in [0.15, 0.2) is 5.82 Å². The van der Waals surface area contributed by atoms with Gasteiger partial charge in [0.1, 0.15) is 5.82 Å². The molecule has 1 aliphatic rings. The van der Waals surface area contributed by atoms with Gasteiger partial charge in [-0.15, -0.1) is 10.2 Å². The number of carbonyl (C=O) groups excluding carboxylic acids is 2. The molecule has 0 bridgehead atoms. The molecule has 3 heterocycles. The molecule has 30 heavy (non-hydrogen) atoms. The van der Waals surface area contributed by atoms with Crippen LogP contribution in [0.5, 0.6) is 0 Å². The summed E-state index contributed by atoms with van der Waals surface area (Å²) in [5.74, 6) is 0.870. The summed E-state index contributed by atoms with van der Waals surface area (Å²) in [5.41, 5.74) is 0.799. The van der Waals surface area contributed by atoms with Gasteiger partial charge in [0.2, 0.25) is 11.8 Å². The quantitative estimate of drug-likeness (QED) is 0.520. The number of carbonyl (C=O) groups is 2. The highest BCUT2D eigenvalue weighted by Crippen LogP contribution is 2.27. The predicted molar refractivity (Wildman–Crippen MR) is 117 cm³/mol. The fourth-order valence-corrected chi connectivity index (χ4v) is 3.73. The summed E-state index contributed by atoms with van der Waals surface area (Å²) in [6.07, 6.45) is 4.02. The molecular weight excluding hydrogens is 448 g/mol. The van der Waals surface area contributed by atoms with E-state index in [0.29, 0.717) is 25.5 Å². The summed E-state index contributed by atoms with van der Waals surface area (Å²) in [4.78, 5) is 26.5. The van der Waals surface area contributed by atoms with Crippen molar-refractivity contribution >= 4 is 39.2 Å². The van der Waals surface area contributed by atoms with Crippen LogP contribution >= 0.6 is 15.9 Å². The van der Waals surface area contributed by atoms with Gasteiger partial charge < -0.3 is 20.1 Å². The van der Waals surface area contributed by atoms with Gasteiger partial charge in [-0.05, 0) is 42.5 Å². The number of benzene rings is 1. The van der Waals surface area contributed by atoms with E-state index in [1.165, 1.54) is 0 Å². The Balaban J connectivity index is 1.23. The molecule has 8 nitrogen and oxygen atoms in total. The molecule has 0 radical (unpaired) electrons. The Morgan fingerprint density at radius 3 is 2.67 bits per heavy atom. The van der Waals surface area contributed by atoms with Gasteiger partial charge in [0, 0.05) is 48.6 Å². The molecular formula is C21H21BrN6O2. The molecule has 1 saturated heterocycles. The Morgan fingerprint density at radius 1 is 1.10 bits per heavy atom. The highest BCUT2D eigenvalue weighted by atomic mass is 79.9. The summed E-state index contributed by atoms with van der Waals surface area (Å²) in [5, 5.41) is 14.3. The topological polar surface area (TPSA) is 92.1 Å². The number of halogens is 1. The van der Waals surface area contributed by atoms with Crippen LogP contribution in [0, 0.1) is 5.92 Å². The minimum absolute atomic E-state index is 0.0376. The van der Waals surface area contributed by atoms with Crippen molar-refractivity contribution in [2.45, 2.75) is 6.42 Å². The molecule has 2 aromatic heterocycles. The predicted octanol–water partition coefficient (Wildman–Crippen LogP) is 2.61. The second-order valence-electron chi connectivity index (χ2n) is 6.97. The van der Waals surface area contributed by atoms with Crippen molar-refractivity contribution in [2.24, 2.45) is 5.92 Å². The van der Waals surface area contributed by atoms with Gasteiger partial charge in [-0.2, -0.15) is 0 Å². The van der Waals surface area contributed by atoms with Crippen LogP contribution in [0.1, 0.15) is 6.42 Å². The molecule has 2 amide bonds. The van der Waals surface area contributed by atoms with E-state index in [1.807, 2.05) is 65.5 Å². The van der Waals surface area contributed by atoms with E-state index in [2.05, 4.69) is 36.8 Å². The SMILES string of the molecule is O=C(NCCNc1ccc(-n2cccc2)nn1)C1CC(=O)N(c2cccc(Br)c2)C1. The van der Waals surface area contributed by atoms with Crippen LogP contribution in [0.4, 0.5) is 11.5 Å². The van der Waals surface area contributed by atoms with Crippen LogP contribution in [0.2, 0.25) is 0 Å². The fourth-order valence-electron chi connectivity index (χ4n) is 3.34. The summed E-state index contributed by atoms with van der Waals surface area (Å²) in [7, 11) is 0. The monoisotopic (exact) mass is 468 g/mol. The van der Waals surface area contributed by atoms with E-state index >= 15 is 0 Å². The number of amides is 2. The molecule has 0 aliphatic carbocycles. The van der Waals surface area contributed by atoms with Gasteiger partial charge in [0.05, 0.1) is 5.92 Å². The fraction of sp³-hybridized carbons (Fsp3) is 0.238. The first-order valence-corrected chi connectivity index (χ1v) is 10.4. The molecule has 1 aromatic carbocycles. The van der Waals surface area contributed by atoms with E-state index < -0.39 is 0 Å². The van der Waals surface area contributed by atoms with Crippen LogP contribution in [0.25, 0.3) is 5.82 Å². The summed E-state index contributed by atoms with van der Waals surface area (Å²) in [6.45, 7) is 1.33. The average Bonchev–Trinajstić information content (AvgIpc) is 3.42. The Hall–Kier alpha value is -3.20. The van der Waals surface area contributed by atoms with E-state index in [-0.39, 0.29) is 24.2 Å². The third-order valence-corrected chi connectivity index (χ3v) is 5.36. The Labute approximate surface area is 182 Å². The number of nitrogens with one attached hydrogen (secondary N) is 2. The molecule has 1 fully saturated rings. The first kappa shape index (κ1) is 20.1. The first-order valence-electron chi connectivity index (χ1n) is 9.65.